The van der Waals surface area contributed by atoms with E-state index in [4.69, 9.17) is 16.3 Å². The van der Waals surface area contributed by atoms with E-state index < -0.39 is 0 Å². The molecule has 0 aromatic heterocycles. The molecular formula is C14H17ClO2. The number of ether oxygens (including phenoxy) is 1. The third-order valence-corrected chi connectivity index (χ3v) is 2.65. The zero-order valence-electron chi connectivity index (χ0n) is 9.77. The average Bonchev–Trinajstić information content (AvgIpc) is 2.37. The van der Waals surface area contributed by atoms with E-state index in [1.54, 1.807) is 6.08 Å². The highest BCUT2D eigenvalue weighted by atomic mass is 35.5. The van der Waals surface area contributed by atoms with Crippen molar-refractivity contribution in [1.82, 2.24) is 0 Å². The van der Waals surface area contributed by atoms with E-state index in [2.05, 4.69) is 18.7 Å². The van der Waals surface area contributed by atoms with E-state index in [0.717, 1.165) is 12.8 Å². The molecule has 0 heterocycles. The molecule has 1 aromatic rings. The van der Waals surface area contributed by atoms with Crippen LogP contribution in [0.15, 0.2) is 43.0 Å². The number of carbonyl (C=O) groups excluding carboxylic acids is 1. The van der Waals surface area contributed by atoms with E-state index in [1.807, 2.05) is 18.2 Å². The molecule has 0 radical (unpaired) electrons. The van der Waals surface area contributed by atoms with Crippen LogP contribution in [0.2, 0.25) is 0 Å². The van der Waals surface area contributed by atoms with Crippen molar-refractivity contribution in [3.63, 3.8) is 0 Å². The molecule has 0 N–H and O–H groups in total. The normalized spacial score (nSPS) is 11.8. The van der Waals surface area contributed by atoms with Crippen LogP contribution in [0.4, 0.5) is 0 Å². The molecule has 1 aromatic carbocycles. The predicted octanol–water partition coefficient (Wildman–Crippen LogP) is 3.35. The van der Waals surface area contributed by atoms with Crippen LogP contribution >= 0.6 is 11.6 Å². The lowest BCUT2D eigenvalue weighted by molar-refractivity contribution is -0.146. The summed E-state index contributed by atoms with van der Waals surface area (Å²) in [4.78, 5) is 11.1. The first-order valence-electron chi connectivity index (χ1n) is 5.66. The number of aryl methyl sites for hydroxylation is 1. The van der Waals surface area contributed by atoms with Crippen LogP contribution in [0.1, 0.15) is 18.4 Å². The molecule has 0 bridgehead atoms. The third-order valence-electron chi connectivity index (χ3n) is 2.43. The van der Waals surface area contributed by atoms with Gasteiger partial charge in [0, 0.05) is 6.42 Å². The van der Waals surface area contributed by atoms with Gasteiger partial charge >= 0.3 is 5.97 Å². The highest BCUT2D eigenvalue weighted by molar-refractivity contribution is 6.26. The van der Waals surface area contributed by atoms with Gasteiger partial charge in [0.2, 0.25) is 0 Å². The molecule has 0 aliphatic rings. The molecule has 17 heavy (non-hydrogen) atoms. The summed E-state index contributed by atoms with van der Waals surface area (Å²) >= 11 is 5.41. The molecule has 0 aliphatic heterocycles. The molecule has 2 nitrogen and oxygen atoms in total. The number of alkyl halides is 1. The maximum Gasteiger partial charge on any atom is 0.321 e. The highest BCUT2D eigenvalue weighted by Gasteiger charge is 2.12. The fraction of sp³-hybridized carbons (Fsp3) is 0.357. The fourth-order valence-corrected chi connectivity index (χ4v) is 1.66. The third kappa shape index (κ3) is 5.55. The maximum absolute atomic E-state index is 11.1. The summed E-state index contributed by atoms with van der Waals surface area (Å²) < 4.78 is 5.22. The minimum absolute atomic E-state index is 0.0982. The van der Waals surface area contributed by atoms with Gasteiger partial charge < -0.3 is 4.74 Å². The summed E-state index contributed by atoms with van der Waals surface area (Å²) in [7, 11) is 0. The molecule has 0 saturated carbocycles. The summed E-state index contributed by atoms with van der Waals surface area (Å²) in [5, 5.41) is 0. The van der Waals surface area contributed by atoms with Crippen molar-refractivity contribution >= 4 is 17.6 Å². The molecule has 0 fully saturated rings. The number of hydrogen-bond donors (Lipinski definition) is 0. The standard InChI is InChI=1S/C14H17ClO2/c1-2-6-13(17-14(16)11-15)10-9-12-7-4-3-5-8-12/h2-5,7-8,13H,1,6,9-11H2. The largest absolute Gasteiger partial charge is 0.461 e. The Morgan fingerprint density at radius 3 is 2.71 bits per heavy atom. The first kappa shape index (κ1) is 13.8. The second-order valence-electron chi connectivity index (χ2n) is 3.79. The quantitative estimate of drug-likeness (QED) is 0.423. The molecule has 3 heteroatoms. The van der Waals surface area contributed by atoms with Crippen molar-refractivity contribution in [2.24, 2.45) is 0 Å². The van der Waals surface area contributed by atoms with Crippen LogP contribution in [0.3, 0.4) is 0 Å². The van der Waals surface area contributed by atoms with Gasteiger partial charge in [-0.25, -0.2) is 0 Å². The summed E-state index contributed by atoms with van der Waals surface area (Å²) in [6, 6.07) is 10.1. The van der Waals surface area contributed by atoms with Gasteiger partial charge in [-0.15, -0.1) is 18.2 Å². The zero-order chi connectivity index (χ0) is 12.5. The van der Waals surface area contributed by atoms with Crippen LogP contribution in [0.5, 0.6) is 0 Å². The Morgan fingerprint density at radius 2 is 2.12 bits per heavy atom. The first-order chi connectivity index (χ1) is 8.26. The Morgan fingerprint density at radius 1 is 1.41 bits per heavy atom. The summed E-state index contributed by atoms with van der Waals surface area (Å²) in [5.74, 6) is -0.467. The molecule has 0 spiro atoms. The molecule has 1 rings (SSSR count). The number of halogens is 1. The van der Waals surface area contributed by atoms with Crippen molar-refractivity contribution in [3.8, 4) is 0 Å². The van der Waals surface area contributed by atoms with Crippen molar-refractivity contribution in [2.75, 3.05) is 5.88 Å². The highest BCUT2D eigenvalue weighted by Crippen LogP contribution is 2.11. The minimum Gasteiger partial charge on any atom is -0.461 e. The van der Waals surface area contributed by atoms with Gasteiger partial charge in [0.25, 0.3) is 0 Å². The number of rotatable bonds is 7. The molecule has 0 amide bonds. The fourth-order valence-electron chi connectivity index (χ4n) is 1.60. The molecule has 0 saturated heterocycles. The Labute approximate surface area is 107 Å². The second kappa shape index (κ2) is 7.91. The van der Waals surface area contributed by atoms with E-state index in [-0.39, 0.29) is 18.0 Å². The Balaban J connectivity index is 2.44. The van der Waals surface area contributed by atoms with Gasteiger partial charge in [-0.05, 0) is 18.4 Å². The predicted molar refractivity (Wildman–Crippen MR) is 70.2 cm³/mol. The zero-order valence-corrected chi connectivity index (χ0v) is 10.5. The van der Waals surface area contributed by atoms with Gasteiger partial charge in [0.1, 0.15) is 12.0 Å². The van der Waals surface area contributed by atoms with Crippen molar-refractivity contribution in [2.45, 2.75) is 25.4 Å². The lowest BCUT2D eigenvalue weighted by Crippen LogP contribution is -2.19. The Hall–Kier alpha value is -1.28. The van der Waals surface area contributed by atoms with Crippen LogP contribution in [-0.2, 0) is 16.0 Å². The average molecular weight is 253 g/mol. The number of benzene rings is 1. The van der Waals surface area contributed by atoms with Gasteiger partial charge in [-0.3, -0.25) is 4.79 Å². The molecular weight excluding hydrogens is 236 g/mol. The van der Waals surface area contributed by atoms with Gasteiger partial charge in [-0.1, -0.05) is 36.4 Å². The van der Waals surface area contributed by atoms with Crippen molar-refractivity contribution in [1.29, 1.82) is 0 Å². The number of hydrogen-bond acceptors (Lipinski definition) is 2. The lowest BCUT2D eigenvalue weighted by Gasteiger charge is -2.15. The summed E-state index contributed by atoms with van der Waals surface area (Å²) in [6.07, 6.45) is 3.97. The van der Waals surface area contributed by atoms with Crippen LogP contribution in [-0.4, -0.2) is 18.0 Å². The second-order valence-corrected chi connectivity index (χ2v) is 4.06. The minimum atomic E-state index is -0.369. The van der Waals surface area contributed by atoms with E-state index in [0.29, 0.717) is 6.42 Å². The first-order valence-corrected chi connectivity index (χ1v) is 6.20. The van der Waals surface area contributed by atoms with Gasteiger partial charge in [0.15, 0.2) is 0 Å². The van der Waals surface area contributed by atoms with Crippen LogP contribution in [0, 0.1) is 0 Å². The van der Waals surface area contributed by atoms with Crippen LogP contribution < -0.4 is 0 Å². The van der Waals surface area contributed by atoms with E-state index >= 15 is 0 Å². The maximum atomic E-state index is 11.1. The van der Waals surface area contributed by atoms with E-state index in [9.17, 15) is 4.79 Å². The Bertz CT molecular complexity index is 348. The summed E-state index contributed by atoms with van der Waals surface area (Å²) in [5.41, 5.74) is 1.24. The number of esters is 1. The number of carbonyl (C=O) groups is 1. The smallest absolute Gasteiger partial charge is 0.321 e. The molecule has 92 valence electrons. The molecule has 1 unspecified atom stereocenters. The Kier molecular flexibility index (Phi) is 6.41. The topological polar surface area (TPSA) is 26.3 Å². The SMILES string of the molecule is C=CCC(CCc1ccccc1)OC(=O)CCl. The van der Waals surface area contributed by atoms with Crippen molar-refractivity contribution in [3.05, 3.63) is 48.6 Å². The van der Waals surface area contributed by atoms with Gasteiger partial charge in [-0.2, -0.15) is 0 Å². The summed E-state index contributed by atoms with van der Waals surface area (Å²) in [6.45, 7) is 3.66. The molecule has 1 atom stereocenters. The lowest BCUT2D eigenvalue weighted by atomic mass is 10.1. The van der Waals surface area contributed by atoms with Crippen molar-refractivity contribution < 1.29 is 9.53 Å². The molecule has 0 aliphatic carbocycles. The van der Waals surface area contributed by atoms with E-state index in [1.165, 1.54) is 5.56 Å². The monoisotopic (exact) mass is 252 g/mol. The van der Waals surface area contributed by atoms with Crippen LogP contribution in [0.25, 0.3) is 0 Å². The van der Waals surface area contributed by atoms with Gasteiger partial charge in [0.05, 0.1) is 0 Å².